The number of likely N-dealkylation sites (N-methyl/N-ethyl adjacent to an activating group) is 1. The molecule has 1 fully saturated rings. The summed E-state index contributed by atoms with van der Waals surface area (Å²) in [6, 6.07) is 0. The van der Waals surface area contributed by atoms with E-state index in [9.17, 15) is 0 Å². The van der Waals surface area contributed by atoms with E-state index in [0.29, 0.717) is 24.2 Å². The van der Waals surface area contributed by atoms with Gasteiger partial charge in [-0.3, -0.25) is 0 Å². The quantitative estimate of drug-likeness (QED) is 0.865. The summed E-state index contributed by atoms with van der Waals surface area (Å²) in [5, 5.41) is 7.07. The van der Waals surface area contributed by atoms with Crippen LogP contribution in [0.4, 0.5) is 0 Å². The van der Waals surface area contributed by atoms with E-state index in [1.807, 2.05) is 5.38 Å². The lowest BCUT2D eigenvalue weighted by molar-refractivity contribution is -0.0366. The van der Waals surface area contributed by atoms with Crippen LogP contribution in [0, 0.1) is 0 Å². The molecule has 0 N–H and O–H groups in total. The maximum Gasteiger partial charge on any atom is 0.257 e. The number of hydrogen-bond donors (Lipinski definition) is 0. The monoisotopic (exact) mass is 294 g/mol. The van der Waals surface area contributed by atoms with Gasteiger partial charge in [-0.1, -0.05) is 19.0 Å². The van der Waals surface area contributed by atoms with E-state index >= 15 is 0 Å². The molecule has 0 aromatic carbocycles. The maximum absolute atomic E-state index is 5.67. The van der Waals surface area contributed by atoms with Crippen molar-refractivity contribution in [2.75, 3.05) is 26.7 Å². The van der Waals surface area contributed by atoms with Gasteiger partial charge in [0.2, 0.25) is 5.82 Å². The number of aromatic nitrogens is 3. The molecule has 108 valence electrons. The molecule has 1 aliphatic rings. The minimum atomic E-state index is -0.141. The fourth-order valence-electron chi connectivity index (χ4n) is 2.05. The van der Waals surface area contributed by atoms with E-state index in [0.717, 1.165) is 23.8 Å². The maximum atomic E-state index is 5.67. The van der Waals surface area contributed by atoms with Crippen LogP contribution < -0.4 is 0 Å². The van der Waals surface area contributed by atoms with Gasteiger partial charge in [-0.15, -0.1) is 11.3 Å². The molecule has 7 heteroatoms. The van der Waals surface area contributed by atoms with Crippen molar-refractivity contribution in [2.45, 2.75) is 25.9 Å². The summed E-state index contributed by atoms with van der Waals surface area (Å²) in [6.45, 7) is 6.64. The second-order valence-corrected chi connectivity index (χ2v) is 6.19. The van der Waals surface area contributed by atoms with Gasteiger partial charge in [-0.2, -0.15) is 4.98 Å². The van der Waals surface area contributed by atoms with Crippen LogP contribution in [-0.2, 0) is 4.74 Å². The van der Waals surface area contributed by atoms with Crippen LogP contribution >= 0.6 is 11.3 Å². The van der Waals surface area contributed by atoms with E-state index in [4.69, 9.17) is 9.26 Å². The fraction of sp³-hybridized carbons (Fsp3) is 0.615. The third kappa shape index (κ3) is 2.74. The Labute approximate surface area is 121 Å². The van der Waals surface area contributed by atoms with Crippen molar-refractivity contribution in [1.82, 2.24) is 20.0 Å². The van der Waals surface area contributed by atoms with Gasteiger partial charge >= 0.3 is 0 Å². The summed E-state index contributed by atoms with van der Waals surface area (Å²) < 4.78 is 11.0. The first-order chi connectivity index (χ1) is 9.63. The lowest BCUT2D eigenvalue weighted by atomic mass is 10.2. The van der Waals surface area contributed by atoms with Crippen molar-refractivity contribution in [3.8, 4) is 11.5 Å². The smallest absolute Gasteiger partial charge is 0.257 e. The summed E-state index contributed by atoms with van der Waals surface area (Å²) in [4.78, 5) is 11.2. The molecule has 1 aliphatic heterocycles. The summed E-state index contributed by atoms with van der Waals surface area (Å²) in [5.74, 6) is 1.49. The number of rotatable bonds is 3. The van der Waals surface area contributed by atoms with Crippen LogP contribution in [0.1, 0.15) is 36.8 Å². The SMILES string of the molecule is CC(C)c1nc(-c2noc(C3CN(C)CCO3)n2)cs1. The van der Waals surface area contributed by atoms with Gasteiger partial charge in [0.15, 0.2) is 0 Å². The average Bonchev–Trinajstić information content (AvgIpc) is 3.08. The molecule has 2 aromatic rings. The molecule has 0 spiro atoms. The second kappa shape index (κ2) is 5.59. The van der Waals surface area contributed by atoms with Crippen molar-refractivity contribution in [1.29, 1.82) is 0 Å². The first-order valence-electron chi connectivity index (χ1n) is 6.73. The van der Waals surface area contributed by atoms with Gasteiger partial charge in [-0.05, 0) is 7.05 Å². The molecule has 0 aliphatic carbocycles. The Morgan fingerprint density at radius 1 is 1.40 bits per heavy atom. The number of thiazole rings is 1. The predicted octanol–water partition coefficient (Wildman–Crippen LogP) is 2.32. The highest BCUT2D eigenvalue weighted by Gasteiger charge is 2.25. The standard InChI is InChI=1S/C13H18N4O2S/c1-8(2)13-14-9(7-20-13)11-15-12(19-16-11)10-6-17(3)4-5-18-10/h7-8,10H,4-6H2,1-3H3. The highest BCUT2D eigenvalue weighted by Crippen LogP contribution is 2.26. The first kappa shape index (κ1) is 13.7. The molecule has 0 radical (unpaired) electrons. The molecule has 3 heterocycles. The van der Waals surface area contributed by atoms with Crippen LogP contribution in [0.2, 0.25) is 0 Å². The van der Waals surface area contributed by atoms with Crippen molar-refractivity contribution in [2.24, 2.45) is 0 Å². The number of morpholine rings is 1. The zero-order valence-corrected chi connectivity index (χ0v) is 12.7. The second-order valence-electron chi connectivity index (χ2n) is 5.30. The van der Waals surface area contributed by atoms with Gasteiger partial charge in [0.05, 0.1) is 11.6 Å². The topological polar surface area (TPSA) is 64.3 Å². The first-order valence-corrected chi connectivity index (χ1v) is 7.61. The van der Waals surface area contributed by atoms with E-state index in [1.165, 1.54) is 0 Å². The number of nitrogens with zero attached hydrogens (tertiary/aromatic N) is 4. The van der Waals surface area contributed by atoms with E-state index in [2.05, 4.69) is 40.9 Å². The Kier molecular flexibility index (Phi) is 3.82. The molecule has 20 heavy (non-hydrogen) atoms. The Morgan fingerprint density at radius 2 is 2.25 bits per heavy atom. The van der Waals surface area contributed by atoms with Crippen molar-refractivity contribution >= 4 is 11.3 Å². The zero-order valence-electron chi connectivity index (χ0n) is 11.9. The lowest BCUT2D eigenvalue weighted by Gasteiger charge is -2.27. The van der Waals surface area contributed by atoms with Crippen LogP contribution in [0.25, 0.3) is 11.5 Å². The molecular weight excluding hydrogens is 276 g/mol. The Morgan fingerprint density at radius 3 is 2.95 bits per heavy atom. The molecule has 3 rings (SSSR count). The van der Waals surface area contributed by atoms with E-state index in [1.54, 1.807) is 11.3 Å². The molecule has 0 saturated carbocycles. The molecule has 6 nitrogen and oxygen atoms in total. The van der Waals surface area contributed by atoms with Crippen molar-refractivity contribution < 1.29 is 9.26 Å². The summed E-state index contributed by atoms with van der Waals surface area (Å²) in [6.07, 6.45) is -0.141. The van der Waals surface area contributed by atoms with Gasteiger partial charge in [0.1, 0.15) is 11.8 Å². The van der Waals surface area contributed by atoms with E-state index < -0.39 is 0 Å². The molecule has 0 amide bonds. The van der Waals surface area contributed by atoms with Crippen LogP contribution in [0.15, 0.2) is 9.90 Å². The van der Waals surface area contributed by atoms with Gasteiger partial charge in [0, 0.05) is 24.4 Å². The average molecular weight is 294 g/mol. The van der Waals surface area contributed by atoms with Crippen LogP contribution in [-0.4, -0.2) is 46.8 Å². The minimum Gasteiger partial charge on any atom is -0.366 e. The third-order valence-corrected chi connectivity index (χ3v) is 4.38. The largest absolute Gasteiger partial charge is 0.366 e. The van der Waals surface area contributed by atoms with Crippen LogP contribution in [0.3, 0.4) is 0 Å². The fourth-order valence-corrected chi connectivity index (χ4v) is 2.87. The van der Waals surface area contributed by atoms with Crippen LogP contribution in [0.5, 0.6) is 0 Å². The van der Waals surface area contributed by atoms with Crippen molar-refractivity contribution in [3.63, 3.8) is 0 Å². The highest BCUT2D eigenvalue weighted by atomic mass is 32.1. The summed E-state index contributed by atoms with van der Waals surface area (Å²) >= 11 is 1.63. The number of ether oxygens (including phenoxy) is 1. The highest BCUT2D eigenvalue weighted by molar-refractivity contribution is 7.10. The third-order valence-electron chi connectivity index (χ3n) is 3.23. The Bertz CT molecular complexity index is 580. The molecule has 2 aromatic heterocycles. The zero-order chi connectivity index (χ0) is 14.1. The molecular formula is C13H18N4O2S. The Balaban J connectivity index is 1.78. The number of hydrogen-bond acceptors (Lipinski definition) is 7. The predicted molar refractivity (Wildman–Crippen MR) is 75.7 cm³/mol. The lowest BCUT2D eigenvalue weighted by Crippen LogP contribution is -2.35. The molecule has 1 atom stereocenters. The Hall–Kier alpha value is -1.31. The summed E-state index contributed by atoms with van der Waals surface area (Å²) in [7, 11) is 2.06. The molecule has 1 saturated heterocycles. The minimum absolute atomic E-state index is 0.141. The normalized spacial score (nSPS) is 20.7. The van der Waals surface area contributed by atoms with Gasteiger partial charge in [0.25, 0.3) is 5.89 Å². The van der Waals surface area contributed by atoms with E-state index in [-0.39, 0.29) is 6.10 Å². The molecule has 1 unspecified atom stereocenters. The molecule has 0 bridgehead atoms. The van der Waals surface area contributed by atoms with Gasteiger partial charge < -0.3 is 14.2 Å². The van der Waals surface area contributed by atoms with Crippen molar-refractivity contribution in [3.05, 3.63) is 16.3 Å². The van der Waals surface area contributed by atoms with Gasteiger partial charge in [-0.25, -0.2) is 4.98 Å². The summed E-state index contributed by atoms with van der Waals surface area (Å²) in [5.41, 5.74) is 0.776.